The van der Waals surface area contributed by atoms with Gasteiger partial charge in [-0.1, -0.05) is 29.8 Å². The van der Waals surface area contributed by atoms with Crippen molar-refractivity contribution in [3.63, 3.8) is 0 Å². The van der Waals surface area contributed by atoms with Gasteiger partial charge in [0.2, 0.25) is 0 Å². The van der Waals surface area contributed by atoms with Crippen LogP contribution in [0.25, 0.3) is 0 Å². The first-order valence-corrected chi connectivity index (χ1v) is 6.71. The number of nitrogens with one attached hydrogen (secondary N) is 1. The van der Waals surface area contributed by atoms with Gasteiger partial charge < -0.3 is 14.6 Å². The van der Waals surface area contributed by atoms with Gasteiger partial charge in [-0.15, -0.1) is 0 Å². The highest BCUT2D eigenvalue weighted by atomic mass is 16.5. The fourth-order valence-corrected chi connectivity index (χ4v) is 2.38. The number of hydrogen-bond donors (Lipinski definition) is 1. The Labute approximate surface area is 113 Å². The van der Waals surface area contributed by atoms with E-state index in [0.717, 1.165) is 31.9 Å². The number of imidazole rings is 1. The molecule has 100 valence electrons. The monoisotopic (exact) mass is 257 g/mol. The lowest BCUT2D eigenvalue weighted by molar-refractivity contribution is 0.0230. The van der Waals surface area contributed by atoms with E-state index < -0.39 is 0 Å². The van der Waals surface area contributed by atoms with Crippen molar-refractivity contribution in [1.82, 2.24) is 14.9 Å². The molecular formula is C15H19N3O. The number of aromatic nitrogens is 2. The maximum atomic E-state index is 5.80. The molecule has 0 amide bonds. The van der Waals surface area contributed by atoms with E-state index in [2.05, 4.69) is 46.1 Å². The summed E-state index contributed by atoms with van der Waals surface area (Å²) >= 11 is 0. The first kappa shape index (κ1) is 12.4. The third-order valence-electron chi connectivity index (χ3n) is 3.48. The SMILES string of the molecule is Cc1ccc(Cn2cncc2C2CNCCO2)cc1. The maximum absolute atomic E-state index is 5.80. The van der Waals surface area contributed by atoms with Crippen LogP contribution in [0.2, 0.25) is 0 Å². The van der Waals surface area contributed by atoms with Crippen molar-refractivity contribution in [3.8, 4) is 0 Å². The lowest BCUT2D eigenvalue weighted by atomic mass is 10.1. The van der Waals surface area contributed by atoms with Crippen molar-refractivity contribution in [2.45, 2.75) is 19.6 Å². The van der Waals surface area contributed by atoms with Crippen LogP contribution in [0.1, 0.15) is 22.9 Å². The van der Waals surface area contributed by atoms with Crippen LogP contribution in [0.3, 0.4) is 0 Å². The second kappa shape index (κ2) is 5.55. The zero-order valence-corrected chi connectivity index (χ0v) is 11.2. The summed E-state index contributed by atoms with van der Waals surface area (Å²) < 4.78 is 7.97. The lowest BCUT2D eigenvalue weighted by Gasteiger charge is -2.24. The van der Waals surface area contributed by atoms with Gasteiger partial charge in [0.25, 0.3) is 0 Å². The Morgan fingerprint density at radius 1 is 1.37 bits per heavy atom. The molecule has 3 rings (SSSR count). The summed E-state index contributed by atoms with van der Waals surface area (Å²) in [5.41, 5.74) is 3.72. The molecule has 4 heteroatoms. The Balaban J connectivity index is 1.77. The van der Waals surface area contributed by atoms with Crippen molar-refractivity contribution >= 4 is 0 Å². The van der Waals surface area contributed by atoms with Gasteiger partial charge in [0, 0.05) is 19.6 Å². The normalized spacial score (nSPS) is 19.5. The molecule has 1 unspecified atom stereocenters. The molecule has 1 aromatic heterocycles. The minimum atomic E-state index is 0.113. The molecule has 1 aliphatic heterocycles. The highest BCUT2D eigenvalue weighted by Gasteiger charge is 2.19. The topological polar surface area (TPSA) is 39.1 Å². The predicted molar refractivity (Wildman–Crippen MR) is 74.1 cm³/mol. The summed E-state index contributed by atoms with van der Waals surface area (Å²) in [5.74, 6) is 0. The van der Waals surface area contributed by atoms with Gasteiger partial charge in [-0.2, -0.15) is 0 Å². The van der Waals surface area contributed by atoms with Gasteiger partial charge in [0.1, 0.15) is 6.10 Å². The van der Waals surface area contributed by atoms with Crippen LogP contribution >= 0.6 is 0 Å². The van der Waals surface area contributed by atoms with Gasteiger partial charge in [0.05, 0.1) is 24.8 Å². The molecule has 1 fully saturated rings. The van der Waals surface area contributed by atoms with Crippen LogP contribution in [-0.4, -0.2) is 29.2 Å². The zero-order valence-electron chi connectivity index (χ0n) is 11.2. The van der Waals surface area contributed by atoms with Crippen LogP contribution in [-0.2, 0) is 11.3 Å². The van der Waals surface area contributed by atoms with Gasteiger partial charge in [0.15, 0.2) is 0 Å². The van der Waals surface area contributed by atoms with Crippen LogP contribution in [0.15, 0.2) is 36.8 Å². The average Bonchev–Trinajstić information content (AvgIpc) is 2.90. The maximum Gasteiger partial charge on any atom is 0.111 e. The largest absolute Gasteiger partial charge is 0.369 e. The van der Waals surface area contributed by atoms with Gasteiger partial charge in [-0.3, -0.25) is 0 Å². The van der Waals surface area contributed by atoms with Crippen molar-refractivity contribution < 1.29 is 4.74 Å². The number of hydrogen-bond acceptors (Lipinski definition) is 3. The highest BCUT2D eigenvalue weighted by molar-refractivity contribution is 5.22. The molecule has 19 heavy (non-hydrogen) atoms. The Morgan fingerprint density at radius 3 is 2.95 bits per heavy atom. The molecule has 1 aliphatic rings. The molecule has 1 aromatic carbocycles. The first-order chi connectivity index (χ1) is 9.33. The van der Waals surface area contributed by atoms with Crippen LogP contribution in [0.4, 0.5) is 0 Å². The third-order valence-corrected chi connectivity index (χ3v) is 3.48. The van der Waals surface area contributed by atoms with E-state index in [-0.39, 0.29) is 6.10 Å². The Hall–Kier alpha value is -1.65. The molecule has 1 atom stereocenters. The van der Waals surface area contributed by atoms with E-state index in [0.29, 0.717) is 0 Å². The highest BCUT2D eigenvalue weighted by Crippen LogP contribution is 2.19. The number of benzene rings is 1. The molecule has 0 aliphatic carbocycles. The van der Waals surface area contributed by atoms with E-state index in [4.69, 9.17) is 4.74 Å². The molecule has 0 saturated carbocycles. The molecule has 2 aromatic rings. The quantitative estimate of drug-likeness (QED) is 0.913. The second-order valence-corrected chi connectivity index (χ2v) is 5.00. The Bertz CT molecular complexity index is 527. The van der Waals surface area contributed by atoms with Gasteiger partial charge >= 0.3 is 0 Å². The fraction of sp³-hybridized carbons (Fsp3) is 0.400. The van der Waals surface area contributed by atoms with E-state index in [9.17, 15) is 0 Å². The molecule has 0 radical (unpaired) electrons. The van der Waals surface area contributed by atoms with Gasteiger partial charge in [-0.25, -0.2) is 4.98 Å². The smallest absolute Gasteiger partial charge is 0.111 e. The lowest BCUT2D eigenvalue weighted by Crippen LogP contribution is -2.34. The standard InChI is InChI=1S/C15H19N3O/c1-12-2-4-13(5-3-12)10-18-11-17-8-14(18)15-9-16-6-7-19-15/h2-5,8,11,15-16H,6-7,9-10H2,1H3. The second-order valence-electron chi connectivity index (χ2n) is 5.00. The van der Waals surface area contributed by atoms with Crippen LogP contribution in [0, 0.1) is 6.92 Å². The van der Waals surface area contributed by atoms with E-state index in [1.165, 1.54) is 11.1 Å². The number of rotatable bonds is 3. The van der Waals surface area contributed by atoms with Crippen molar-refractivity contribution in [3.05, 3.63) is 53.6 Å². The first-order valence-electron chi connectivity index (χ1n) is 6.71. The third kappa shape index (κ3) is 2.85. The summed E-state index contributed by atoms with van der Waals surface area (Å²) in [6.45, 7) is 5.51. The summed E-state index contributed by atoms with van der Waals surface area (Å²) in [7, 11) is 0. The number of ether oxygens (including phenoxy) is 1. The minimum Gasteiger partial charge on any atom is -0.369 e. The molecule has 1 saturated heterocycles. The Kier molecular flexibility index (Phi) is 3.62. The van der Waals surface area contributed by atoms with Crippen LogP contribution < -0.4 is 5.32 Å². The minimum absolute atomic E-state index is 0.113. The molecule has 0 spiro atoms. The van der Waals surface area contributed by atoms with Crippen LogP contribution in [0.5, 0.6) is 0 Å². The fourth-order valence-electron chi connectivity index (χ4n) is 2.38. The zero-order chi connectivity index (χ0) is 13.1. The molecule has 1 N–H and O–H groups in total. The summed E-state index contributed by atoms with van der Waals surface area (Å²) in [6.07, 6.45) is 3.90. The molecule has 4 nitrogen and oxygen atoms in total. The van der Waals surface area contributed by atoms with Crippen molar-refractivity contribution in [2.24, 2.45) is 0 Å². The van der Waals surface area contributed by atoms with E-state index in [1.807, 2.05) is 12.5 Å². The Morgan fingerprint density at radius 2 is 2.21 bits per heavy atom. The number of morpholine rings is 1. The number of nitrogens with zero attached hydrogens (tertiary/aromatic N) is 2. The number of aryl methyl sites for hydroxylation is 1. The molecule has 2 heterocycles. The summed E-state index contributed by atoms with van der Waals surface area (Å²) in [6, 6.07) is 8.62. The molecular weight excluding hydrogens is 238 g/mol. The van der Waals surface area contributed by atoms with E-state index in [1.54, 1.807) is 0 Å². The predicted octanol–water partition coefficient (Wildman–Crippen LogP) is 1.90. The van der Waals surface area contributed by atoms with E-state index >= 15 is 0 Å². The summed E-state index contributed by atoms with van der Waals surface area (Å²) in [4.78, 5) is 4.27. The molecule has 0 bridgehead atoms. The van der Waals surface area contributed by atoms with Gasteiger partial charge in [-0.05, 0) is 12.5 Å². The average molecular weight is 257 g/mol. The summed E-state index contributed by atoms with van der Waals surface area (Å²) in [5, 5.41) is 3.36. The van der Waals surface area contributed by atoms with Crippen molar-refractivity contribution in [2.75, 3.05) is 19.7 Å². The van der Waals surface area contributed by atoms with Crippen molar-refractivity contribution in [1.29, 1.82) is 0 Å².